The summed E-state index contributed by atoms with van der Waals surface area (Å²) in [5.41, 5.74) is 0.862. The van der Waals surface area contributed by atoms with Gasteiger partial charge >= 0.3 is 0 Å². The fraction of sp³-hybridized carbons (Fsp3) is 0.500. The number of benzene rings is 1. The molecule has 1 aromatic carbocycles. The average molecular weight is 328 g/mol. The number of nitrogens with two attached hydrogens (primary N) is 1. The quantitative estimate of drug-likeness (QED) is 0.812. The van der Waals surface area contributed by atoms with Gasteiger partial charge in [-0.3, -0.25) is 4.79 Å². The molecule has 0 radical (unpaired) electrons. The Morgan fingerprint density at radius 1 is 1.23 bits per heavy atom. The van der Waals surface area contributed by atoms with Crippen LogP contribution in [-0.2, 0) is 21.4 Å². The minimum atomic E-state index is -3.57. The monoisotopic (exact) mass is 328 g/mol. The number of carbonyl (C=O) groups is 1. The molecule has 1 fully saturated rings. The number of likely N-dealkylation sites (tertiary alicyclic amines) is 1. The van der Waals surface area contributed by atoms with E-state index >= 15 is 0 Å². The highest BCUT2D eigenvalue weighted by Crippen LogP contribution is 2.26. The molecule has 122 valence electrons. The molecule has 1 atom stereocenters. The van der Waals surface area contributed by atoms with Crippen molar-refractivity contribution in [2.24, 2.45) is 11.1 Å². The van der Waals surface area contributed by atoms with Crippen LogP contribution in [0.15, 0.2) is 18.2 Å². The van der Waals surface area contributed by atoms with Gasteiger partial charge in [0, 0.05) is 31.5 Å². The third kappa shape index (κ3) is 4.35. The molecule has 0 saturated carbocycles. The summed E-state index contributed by atoms with van der Waals surface area (Å²) in [7, 11) is -0.453. The summed E-state index contributed by atoms with van der Waals surface area (Å²) >= 11 is 0. The molecule has 1 amide bonds. The van der Waals surface area contributed by atoms with Gasteiger partial charge in [-0.15, -0.1) is 0 Å². The van der Waals surface area contributed by atoms with E-state index in [2.05, 4.69) is 0 Å². The van der Waals surface area contributed by atoms with Crippen molar-refractivity contribution < 1.29 is 22.7 Å². The fourth-order valence-corrected chi connectivity index (χ4v) is 3.51. The van der Waals surface area contributed by atoms with Crippen LogP contribution in [0, 0.1) is 5.92 Å². The summed E-state index contributed by atoms with van der Waals surface area (Å²) < 4.78 is 32.7. The second kappa shape index (κ2) is 6.53. The smallest absolute Gasteiger partial charge is 0.223 e. The van der Waals surface area contributed by atoms with Crippen molar-refractivity contribution in [2.45, 2.75) is 13.0 Å². The molecule has 0 aliphatic carbocycles. The topological polar surface area (TPSA) is 98.9 Å². The van der Waals surface area contributed by atoms with E-state index in [0.29, 0.717) is 24.6 Å². The molecule has 0 aromatic heterocycles. The Bertz CT molecular complexity index is 637. The minimum Gasteiger partial charge on any atom is -0.497 e. The van der Waals surface area contributed by atoms with E-state index < -0.39 is 10.0 Å². The van der Waals surface area contributed by atoms with E-state index in [9.17, 15) is 13.2 Å². The lowest BCUT2D eigenvalue weighted by Crippen LogP contribution is -2.27. The molecule has 1 heterocycles. The Labute approximate surface area is 130 Å². The molecule has 0 bridgehead atoms. The molecule has 1 unspecified atom stereocenters. The number of hydrogen-bond acceptors (Lipinski definition) is 5. The minimum absolute atomic E-state index is 0.0737. The SMILES string of the molecule is COc1cc(CN2CC(CS(N)(=O)=O)CC2=O)cc(OC)c1. The van der Waals surface area contributed by atoms with Crippen LogP contribution in [0.5, 0.6) is 11.5 Å². The molecule has 1 saturated heterocycles. The predicted octanol–water partition coefficient (Wildman–Crippen LogP) is 0.341. The largest absolute Gasteiger partial charge is 0.497 e. The van der Waals surface area contributed by atoms with Crippen molar-refractivity contribution in [3.8, 4) is 11.5 Å². The van der Waals surface area contributed by atoms with E-state index in [1.165, 1.54) is 0 Å². The highest BCUT2D eigenvalue weighted by atomic mass is 32.2. The van der Waals surface area contributed by atoms with Crippen LogP contribution in [0.4, 0.5) is 0 Å². The molecule has 8 heteroatoms. The Morgan fingerprint density at radius 2 is 1.82 bits per heavy atom. The van der Waals surface area contributed by atoms with Gasteiger partial charge in [-0.05, 0) is 17.7 Å². The lowest BCUT2D eigenvalue weighted by Gasteiger charge is -2.17. The van der Waals surface area contributed by atoms with Gasteiger partial charge in [-0.2, -0.15) is 0 Å². The standard InChI is InChI=1S/C14H20N2O5S/c1-20-12-3-10(4-13(6-12)21-2)7-16-8-11(5-14(16)17)9-22(15,18)19/h3-4,6,11H,5,7-9H2,1-2H3,(H2,15,18,19). The molecule has 22 heavy (non-hydrogen) atoms. The maximum Gasteiger partial charge on any atom is 0.223 e. The predicted molar refractivity (Wildman–Crippen MR) is 81.0 cm³/mol. The third-order valence-electron chi connectivity index (χ3n) is 3.55. The fourth-order valence-electron chi connectivity index (χ4n) is 2.63. The molecule has 2 rings (SSSR count). The van der Waals surface area contributed by atoms with Gasteiger partial charge in [-0.1, -0.05) is 0 Å². The van der Waals surface area contributed by atoms with E-state index in [1.807, 2.05) is 12.1 Å². The molecular weight excluding hydrogens is 308 g/mol. The number of primary sulfonamides is 1. The van der Waals surface area contributed by atoms with Gasteiger partial charge in [0.1, 0.15) is 11.5 Å². The number of nitrogens with zero attached hydrogens (tertiary/aromatic N) is 1. The van der Waals surface area contributed by atoms with Gasteiger partial charge in [0.2, 0.25) is 15.9 Å². The van der Waals surface area contributed by atoms with Crippen molar-refractivity contribution in [3.05, 3.63) is 23.8 Å². The van der Waals surface area contributed by atoms with Crippen molar-refractivity contribution >= 4 is 15.9 Å². The summed E-state index contributed by atoms with van der Waals surface area (Å²) in [5, 5.41) is 5.04. The van der Waals surface area contributed by atoms with Gasteiger partial charge in [0.25, 0.3) is 0 Å². The summed E-state index contributed by atoms with van der Waals surface area (Å²) in [6.45, 7) is 0.766. The van der Waals surface area contributed by atoms with Crippen LogP contribution in [0.3, 0.4) is 0 Å². The van der Waals surface area contributed by atoms with Crippen molar-refractivity contribution in [1.29, 1.82) is 0 Å². The highest BCUT2D eigenvalue weighted by molar-refractivity contribution is 7.89. The van der Waals surface area contributed by atoms with Gasteiger partial charge < -0.3 is 14.4 Å². The van der Waals surface area contributed by atoms with Crippen molar-refractivity contribution in [3.63, 3.8) is 0 Å². The van der Waals surface area contributed by atoms with E-state index in [4.69, 9.17) is 14.6 Å². The number of hydrogen-bond donors (Lipinski definition) is 1. The normalized spacial score (nSPS) is 18.6. The number of amides is 1. The summed E-state index contributed by atoms with van der Waals surface area (Å²) in [6, 6.07) is 5.39. The Morgan fingerprint density at radius 3 is 2.32 bits per heavy atom. The first-order valence-corrected chi connectivity index (χ1v) is 8.52. The highest BCUT2D eigenvalue weighted by Gasteiger charge is 2.31. The van der Waals surface area contributed by atoms with Crippen LogP contribution in [0.2, 0.25) is 0 Å². The van der Waals surface area contributed by atoms with Crippen LogP contribution in [-0.4, -0.2) is 45.7 Å². The summed E-state index contributed by atoms with van der Waals surface area (Å²) in [4.78, 5) is 13.6. The number of ether oxygens (including phenoxy) is 2. The Hall–Kier alpha value is -1.80. The summed E-state index contributed by atoms with van der Waals surface area (Å²) in [5.74, 6) is 0.783. The Kier molecular flexibility index (Phi) is 4.92. The maximum atomic E-state index is 12.0. The number of rotatable bonds is 6. The number of carbonyl (C=O) groups excluding carboxylic acids is 1. The molecule has 1 aliphatic rings. The van der Waals surface area contributed by atoms with Crippen LogP contribution < -0.4 is 14.6 Å². The second-order valence-corrected chi connectivity index (χ2v) is 7.05. The van der Waals surface area contributed by atoms with Crippen LogP contribution in [0.1, 0.15) is 12.0 Å². The van der Waals surface area contributed by atoms with Gasteiger partial charge in [-0.25, -0.2) is 13.6 Å². The summed E-state index contributed by atoms with van der Waals surface area (Å²) in [6.07, 6.45) is 0.206. The van der Waals surface area contributed by atoms with Gasteiger partial charge in [0.15, 0.2) is 0 Å². The molecule has 0 spiro atoms. The zero-order valence-electron chi connectivity index (χ0n) is 12.6. The third-order valence-corrected chi connectivity index (χ3v) is 4.48. The van der Waals surface area contributed by atoms with Crippen LogP contribution >= 0.6 is 0 Å². The first-order chi connectivity index (χ1) is 10.3. The maximum absolute atomic E-state index is 12.0. The Balaban J connectivity index is 2.09. The van der Waals surface area contributed by atoms with E-state index in [0.717, 1.165) is 5.56 Å². The zero-order chi connectivity index (χ0) is 16.3. The molecular formula is C14H20N2O5S. The van der Waals surface area contributed by atoms with Crippen molar-refractivity contribution in [2.75, 3.05) is 26.5 Å². The first kappa shape index (κ1) is 16.6. The molecule has 7 nitrogen and oxygen atoms in total. The van der Waals surface area contributed by atoms with Gasteiger partial charge in [0.05, 0.1) is 20.0 Å². The van der Waals surface area contributed by atoms with E-state index in [-0.39, 0.29) is 24.0 Å². The van der Waals surface area contributed by atoms with Crippen LogP contribution in [0.25, 0.3) is 0 Å². The van der Waals surface area contributed by atoms with E-state index in [1.54, 1.807) is 25.2 Å². The molecule has 2 N–H and O–H groups in total. The van der Waals surface area contributed by atoms with Crippen molar-refractivity contribution in [1.82, 2.24) is 4.90 Å². The molecule has 1 aromatic rings. The first-order valence-electron chi connectivity index (χ1n) is 6.81. The zero-order valence-corrected chi connectivity index (χ0v) is 13.4. The lowest BCUT2D eigenvalue weighted by molar-refractivity contribution is -0.128. The number of methoxy groups -OCH3 is 2. The molecule has 1 aliphatic heterocycles. The lowest BCUT2D eigenvalue weighted by atomic mass is 10.1. The number of sulfonamides is 1. The average Bonchev–Trinajstić information content (AvgIpc) is 2.75. The second-order valence-electron chi connectivity index (χ2n) is 5.39.